The molecule has 0 bridgehead atoms. The van der Waals surface area contributed by atoms with Crippen molar-refractivity contribution in [2.75, 3.05) is 58.9 Å². The molecule has 0 aliphatic rings. The highest BCUT2D eigenvalue weighted by Crippen LogP contribution is 2.03. The molecule has 0 unspecified atom stereocenters. The SMILES string of the molecule is O=C(NCCCc1ccccc1)NCCN(CCNC(=O)NCCCc1ccccc1)CCNC(=O)NCCCc1ccccc1. The molecule has 0 radical (unpaired) electrons. The number of carbonyl (C=O) groups excluding carboxylic acids is 3. The molecule has 10 nitrogen and oxygen atoms in total. The third-order valence-corrected chi connectivity index (χ3v) is 7.45. The molecule has 0 saturated heterocycles. The molecule has 0 aliphatic carbocycles. The maximum atomic E-state index is 12.3. The third-order valence-electron chi connectivity index (χ3n) is 7.45. The summed E-state index contributed by atoms with van der Waals surface area (Å²) in [5.74, 6) is 0. The van der Waals surface area contributed by atoms with Crippen molar-refractivity contribution in [1.29, 1.82) is 0 Å². The molecule has 0 spiro atoms. The van der Waals surface area contributed by atoms with Crippen molar-refractivity contribution in [3.05, 3.63) is 108 Å². The van der Waals surface area contributed by atoms with E-state index in [0.717, 1.165) is 38.5 Å². The summed E-state index contributed by atoms with van der Waals surface area (Å²) in [6.07, 6.45) is 5.33. The molecule has 3 aromatic rings. The Labute approximate surface area is 274 Å². The van der Waals surface area contributed by atoms with Crippen LogP contribution in [-0.4, -0.2) is 81.9 Å². The van der Waals surface area contributed by atoms with Crippen LogP contribution in [0.25, 0.3) is 0 Å². The summed E-state index contributed by atoms with van der Waals surface area (Å²) in [7, 11) is 0. The van der Waals surface area contributed by atoms with Gasteiger partial charge in [-0.05, 0) is 55.2 Å². The van der Waals surface area contributed by atoms with Crippen molar-refractivity contribution in [2.45, 2.75) is 38.5 Å². The van der Waals surface area contributed by atoms with E-state index in [0.29, 0.717) is 58.9 Å². The van der Waals surface area contributed by atoms with E-state index >= 15 is 0 Å². The third kappa shape index (κ3) is 17.1. The summed E-state index contributed by atoms with van der Waals surface area (Å²) in [4.78, 5) is 39.0. The molecule has 0 heterocycles. The van der Waals surface area contributed by atoms with Gasteiger partial charge >= 0.3 is 18.1 Å². The zero-order valence-electron chi connectivity index (χ0n) is 26.9. The predicted octanol–water partition coefficient (Wildman–Crippen LogP) is 4.08. The lowest BCUT2D eigenvalue weighted by Crippen LogP contribution is -2.46. The van der Waals surface area contributed by atoms with Gasteiger partial charge in [0.25, 0.3) is 0 Å². The smallest absolute Gasteiger partial charge is 0.314 e. The average molecular weight is 630 g/mol. The molecule has 0 fully saturated rings. The Hall–Kier alpha value is -4.57. The second-order valence-corrected chi connectivity index (χ2v) is 11.2. The highest BCUT2D eigenvalue weighted by Gasteiger charge is 2.09. The number of benzene rings is 3. The number of amides is 6. The van der Waals surface area contributed by atoms with Crippen molar-refractivity contribution in [3.63, 3.8) is 0 Å². The Morgan fingerprint density at radius 3 is 0.935 bits per heavy atom. The van der Waals surface area contributed by atoms with Gasteiger partial charge in [0.15, 0.2) is 0 Å². The van der Waals surface area contributed by atoms with Crippen molar-refractivity contribution in [1.82, 2.24) is 36.8 Å². The van der Waals surface area contributed by atoms with Gasteiger partial charge in [-0.3, -0.25) is 4.90 Å². The molecule has 3 rings (SSSR count). The van der Waals surface area contributed by atoms with E-state index in [1.807, 2.05) is 54.6 Å². The summed E-state index contributed by atoms with van der Waals surface area (Å²) in [5, 5.41) is 17.5. The van der Waals surface area contributed by atoms with Crippen molar-refractivity contribution < 1.29 is 14.4 Å². The lowest BCUT2D eigenvalue weighted by atomic mass is 10.1. The number of urea groups is 3. The number of nitrogens with zero attached hydrogens (tertiary/aromatic N) is 1. The van der Waals surface area contributed by atoms with Crippen LogP contribution in [0.5, 0.6) is 0 Å². The fraction of sp³-hybridized carbons (Fsp3) is 0.417. The minimum absolute atomic E-state index is 0.200. The van der Waals surface area contributed by atoms with Gasteiger partial charge in [0.1, 0.15) is 0 Å². The number of rotatable bonds is 21. The normalized spacial score (nSPS) is 10.6. The Bertz CT molecular complexity index is 1090. The highest BCUT2D eigenvalue weighted by molar-refractivity contribution is 5.74. The first-order valence-corrected chi connectivity index (χ1v) is 16.5. The van der Waals surface area contributed by atoms with E-state index in [-0.39, 0.29) is 18.1 Å². The summed E-state index contributed by atoms with van der Waals surface area (Å²) < 4.78 is 0. The zero-order valence-corrected chi connectivity index (χ0v) is 26.9. The molecule has 0 atom stereocenters. The minimum Gasteiger partial charge on any atom is -0.338 e. The summed E-state index contributed by atoms with van der Waals surface area (Å²) in [5.41, 5.74) is 3.76. The van der Waals surface area contributed by atoms with Crippen LogP contribution in [-0.2, 0) is 19.3 Å². The van der Waals surface area contributed by atoms with Crippen molar-refractivity contribution in [3.8, 4) is 0 Å². The summed E-state index contributed by atoms with van der Waals surface area (Å²) in [6, 6.07) is 30.0. The van der Waals surface area contributed by atoms with Crippen molar-refractivity contribution in [2.24, 2.45) is 0 Å². The standard InChI is InChI=1S/C36H51N7O3/c44-34(37-22-10-19-31-13-4-1-5-14-31)40-25-28-43(29-26-41-35(45)38-23-11-20-32-15-6-2-7-16-32)30-27-42-36(46)39-24-12-21-33-17-8-3-9-18-33/h1-9,13-18H,10-12,19-30H2,(H2,37,40,44)(H2,38,41,45)(H2,39,42,46). The van der Waals surface area contributed by atoms with Crippen LogP contribution in [0.4, 0.5) is 14.4 Å². The van der Waals surface area contributed by atoms with Gasteiger partial charge in [-0.1, -0.05) is 91.0 Å². The van der Waals surface area contributed by atoms with E-state index in [4.69, 9.17) is 0 Å². The quantitative estimate of drug-likeness (QED) is 0.0994. The second kappa shape index (κ2) is 22.9. The Morgan fingerprint density at radius 1 is 0.391 bits per heavy atom. The topological polar surface area (TPSA) is 127 Å². The number of aryl methyl sites for hydroxylation is 3. The van der Waals surface area contributed by atoms with Gasteiger partial charge in [0, 0.05) is 58.9 Å². The molecule has 248 valence electrons. The number of hydrogen-bond donors (Lipinski definition) is 6. The van der Waals surface area contributed by atoms with Gasteiger partial charge < -0.3 is 31.9 Å². The molecule has 0 aliphatic heterocycles. The van der Waals surface area contributed by atoms with Crippen LogP contribution in [0.3, 0.4) is 0 Å². The maximum Gasteiger partial charge on any atom is 0.314 e. The number of hydrogen-bond acceptors (Lipinski definition) is 4. The van der Waals surface area contributed by atoms with Gasteiger partial charge in [-0.25, -0.2) is 14.4 Å². The van der Waals surface area contributed by atoms with E-state index < -0.39 is 0 Å². The second-order valence-electron chi connectivity index (χ2n) is 11.2. The molecule has 10 heteroatoms. The van der Waals surface area contributed by atoms with Crippen LogP contribution in [0.1, 0.15) is 36.0 Å². The van der Waals surface area contributed by atoms with Crippen LogP contribution >= 0.6 is 0 Å². The molecular weight excluding hydrogens is 578 g/mol. The van der Waals surface area contributed by atoms with Crippen molar-refractivity contribution >= 4 is 18.1 Å². The average Bonchev–Trinajstić information content (AvgIpc) is 3.08. The molecule has 46 heavy (non-hydrogen) atoms. The first-order valence-electron chi connectivity index (χ1n) is 16.5. The van der Waals surface area contributed by atoms with Gasteiger partial charge in [0.05, 0.1) is 0 Å². The molecule has 3 aromatic carbocycles. The lowest BCUT2D eigenvalue weighted by Gasteiger charge is -2.23. The molecule has 0 aromatic heterocycles. The predicted molar refractivity (Wildman–Crippen MR) is 185 cm³/mol. The molecular formula is C36H51N7O3. The van der Waals surface area contributed by atoms with Crippen LogP contribution < -0.4 is 31.9 Å². The summed E-state index contributed by atoms with van der Waals surface area (Å²) in [6.45, 7) is 4.87. The largest absolute Gasteiger partial charge is 0.338 e. The number of nitrogens with one attached hydrogen (secondary N) is 6. The van der Waals surface area contributed by atoms with Gasteiger partial charge in [0.2, 0.25) is 0 Å². The summed E-state index contributed by atoms with van der Waals surface area (Å²) >= 11 is 0. The first kappa shape index (κ1) is 35.9. The van der Waals surface area contributed by atoms with E-state index in [1.165, 1.54) is 16.7 Å². The lowest BCUT2D eigenvalue weighted by molar-refractivity contribution is 0.228. The van der Waals surface area contributed by atoms with E-state index in [9.17, 15) is 14.4 Å². The Kier molecular flexibility index (Phi) is 17.8. The highest BCUT2D eigenvalue weighted by atomic mass is 16.2. The molecule has 0 saturated carbocycles. The molecule has 6 amide bonds. The minimum atomic E-state index is -0.200. The van der Waals surface area contributed by atoms with Crippen LogP contribution in [0.15, 0.2) is 91.0 Å². The monoisotopic (exact) mass is 629 g/mol. The Balaban J connectivity index is 1.31. The fourth-order valence-electron chi connectivity index (χ4n) is 4.92. The molecule has 6 N–H and O–H groups in total. The van der Waals surface area contributed by atoms with Crippen LogP contribution in [0.2, 0.25) is 0 Å². The first-order chi connectivity index (χ1) is 22.6. The van der Waals surface area contributed by atoms with Gasteiger partial charge in [-0.2, -0.15) is 0 Å². The maximum absolute atomic E-state index is 12.3. The van der Waals surface area contributed by atoms with Gasteiger partial charge in [-0.15, -0.1) is 0 Å². The van der Waals surface area contributed by atoms with E-state index in [1.54, 1.807) is 0 Å². The zero-order chi connectivity index (χ0) is 32.5. The van der Waals surface area contributed by atoms with Crippen LogP contribution in [0, 0.1) is 0 Å². The fourth-order valence-corrected chi connectivity index (χ4v) is 4.92. The van der Waals surface area contributed by atoms with E-state index in [2.05, 4.69) is 73.2 Å². The Morgan fingerprint density at radius 2 is 0.652 bits per heavy atom. The number of carbonyl (C=O) groups is 3.